The smallest absolute Gasteiger partial charge is 0.317 e. The lowest BCUT2D eigenvalue weighted by atomic mass is 10.1. The van der Waals surface area contributed by atoms with Gasteiger partial charge in [0.25, 0.3) is 5.88 Å². The van der Waals surface area contributed by atoms with E-state index in [4.69, 9.17) is 4.74 Å². The van der Waals surface area contributed by atoms with E-state index in [0.29, 0.717) is 18.2 Å². The van der Waals surface area contributed by atoms with Crippen LogP contribution >= 0.6 is 0 Å². The number of methoxy groups -OCH3 is 1. The van der Waals surface area contributed by atoms with Gasteiger partial charge in [0, 0.05) is 38.1 Å². The normalized spacial score (nSPS) is 14.7. The molecule has 0 bridgehead atoms. The number of piperidine rings is 1. The van der Waals surface area contributed by atoms with E-state index in [-0.39, 0.29) is 12.1 Å². The molecule has 0 spiro atoms. The van der Waals surface area contributed by atoms with Gasteiger partial charge < -0.3 is 20.3 Å². The Labute approximate surface area is 153 Å². The number of benzene rings is 1. The van der Waals surface area contributed by atoms with Gasteiger partial charge in [-0.2, -0.15) is 0 Å². The average molecular weight is 355 g/mol. The van der Waals surface area contributed by atoms with E-state index < -0.39 is 0 Å². The molecular weight excluding hydrogens is 330 g/mol. The van der Waals surface area contributed by atoms with E-state index in [1.807, 2.05) is 23.1 Å². The number of likely N-dealkylation sites (tertiary alicyclic amines) is 1. The molecule has 0 radical (unpaired) electrons. The fraction of sp³-hybridized carbons (Fsp3) is 0.421. The minimum Gasteiger partial charge on any atom is -0.478 e. The maximum atomic E-state index is 12.3. The van der Waals surface area contributed by atoms with Gasteiger partial charge >= 0.3 is 6.03 Å². The summed E-state index contributed by atoms with van der Waals surface area (Å²) in [7, 11) is 1.58. The van der Waals surface area contributed by atoms with Crippen LogP contribution < -0.4 is 15.4 Å². The number of urea groups is 1. The van der Waals surface area contributed by atoms with Crippen molar-refractivity contribution in [3.8, 4) is 5.88 Å². The van der Waals surface area contributed by atoms with Gasteiger partial charge in [0.05, 0.1) is 7.11 Å². The lowest BCUT2D eigenvalue weighted by Gasteiger charge is -2.32. The van der Waals surface area contributed by atoms with Crippen molar-refractivity contribution in [3.63, 3.8) is 0 Å². The minimum atomic E-state index is 0.0106. The SMILES string of the molecule is COc1nccnc1NC1CCN(C(=O)NCCc2ccccc2)CC1. The Hall–Kier alpha value is -2.83. The highest BCUT2D eigenvalue weighted by Crippen LogP contribution is 2.21. The Morgan fingerprint density at radius 1 is 1.19 bits per heavy atom. The van der Waals surface area contributed by atoms with Crippen LogP contribution in [-0.4, -0.2) is 53.7 Å². The summed E-state index contributed by atoms with van der Waals surface area (Å²) in [5.74, 6) is 1.15. The van der Waals surface area contributed by atoms with Crippen LogP contribution in [0.25, 0.3) is 0 Å². The van der Waals surface area contributed by atoms with E-state index in [1.165, 1.54) is 5.56 Å². The molecule has 7 nitrogen and oxygen atoms in total. The summed E-state index contributed by atoms with van der Waals surface area (Å²) >= 11 is 0. The van der Waals surface area contributed by atoms with Gasteiger partial charge in [0.15, 0.2) is 5.82 Å². The predicted octanol–water partition coefficient (Wildman–Crippen LogP) is 2.31. The Balaban J connectivity index is 1.41. The third kappa shape index (κ3) is 4.84. The second kappa shape index (κ2) is 9.03. The summed E-state index contributed by atoms with van der Waals surface area (Å²) in [5.41, 5.74) is 1.23. The molecule has 1 aliphatic rings. The number of nitrogens with zero attached hydrogens (tertiary/aromatic N) is 3. The van der Waals surface area contributed by atoms with Gasteiger partial charge in [-0.05, 0) is 24.8 Å². The van der Waals surface area contributed by atoms with Crippen LogP contribution in [-0.2, 0) is 6.42 Å². The molecule has 1 fully saturated rings. The summed E-state index contributed by atoms with van der Waals surface area (Å²) < 4.78 is 5.22. The molecule has 3 rings (SSSR count). The highest BCUT2D eigenvalue weighted by molar-refractivity contribution is 5.74. The number of hydrogen-bond donors (Lipinski definition) is 2. The number of ether oxygens (including phenoxy) is 1. The third-order valence-corrected chi connectivity index (χ3v) is 4.51. The molecule has 0 atom stereocenters. The van der Waals surface area contributed by atoms with Crippen molar-refractivity contribution in [2.45, 2.75) is 25.3 Å². The number of rotatable bonds is 6. The number of carbonyl (C=O) groups is 1. The van der Waals surface area contributed by atoms with Gasteiger partial charge in [-0.25, -0.2) is 14.8 Å². The quantitative estimate of drug-likeness (QED) is 0.831. The number of nitrogens with one attached hydrogen (secondary N) is 2. The largest absolute Gasteiger partial charge is 0.478 e. The fourth-order valence-corrected chi connectivity index (χ4v) is 3.06. The maximum Gasteiger partial charge on any atom is 0.317 e. The molecule has 138 valence electrons. The highest BCUT2D eigenvalue weighted by Gasteiger charge is 2.23. The Kier molecular flexibility index (Phi) is 6.24. The van der Waals surface area contributed by atoms with Crippen molar-refractivity contribution in [2.75, 3.05) is 32.1 Å². The lowest BCUT2D eigenvalue weighted by Crippen LogP contribution is -2.47. The van der Waals surface area contributed by atoms with E-state index >= 15 is 0 Å². The van der Waals surface area contributed by atoms with Crippen molar-refractivity contribution in [2.24, 2.45) is 0 Å². The van der Waals surface area contributed by atoms with Gasteiger partial charge in [-0.15, -0.1) is 0 Å². The van der Waals surface area contributed by atoms with Gasteiger partial charge in [-0.3, -0.25) is 0 Å². The number of amides is 2. The summed E-state index contributed by atoms with van der Waals surface area (Å²) in [4.78, 5) is 22.6. The molecule has 7 heteroatoms. The first-order chi connectivity index (χ1) is 12.8. The minimum absolute atomic E-state index is 0.0106. The van der Waals surface area contributed by atoms with Gasteiger partial charge in [0.1, 0.15) is 0 Å². The highest BCUT2D eigenvalue weighted by atomic mass is 16.5. The van der Waals surface area contributed by atoms with Crippen molar-refractivity contribution in [1.29, 1.82) is 0 Å². The molecular formula is C19H25N5O2. The zero-order valence-corrected chi connectivity index (χ0v) is 15.0. The molecule has 1 aromatic carbocycles. The molecule has 0 unspecified atom stereocenters. The van der Waals surface area contributed by atoms with Crippen LogP contribution in [0.4, 0.5) is 10.6 Å². The Morgan fingerprint density at radius 3 is 2.65 bits per heavy atom. The van der Waals surface area contributed by atoms with Crippen LogP contribution in [0.15, 0.2) is 42.7 Å². The average Bonchev–Trinajstić information content (AvgIpc) is 2.70. The predicted molar refractivity (Wildman–Crippen MR) is 100 cm³/mol. The topological polar surface area (TPSA) is 79.4 Å². The number of carbonyl (C=O) groups excluding carboxylic acids is 1. The van der Waals surface area contributed by atoms with Gasteiger partial charge in [0.2, 0.25) is 0 Å². The molecule has 1 saturated heterocycles. The molecule has 1 aliphatic heterocycles. The van der Waals surface area contributed by atoms with E-state index in [1.54, 1.807) is 19.5 Å². The monoisotopic (exact) mass is 355 g/mol. The first kappa shape index (κ1) is 18.0. The lowest BCUT2D eigenvalue weighted by molar-refractivity contribution is 0.183. The molecule has 2 amide bonds. The first-order valence-electron chi connectivity index (χ1n) is 8.94. The van der Waals surface area contributed by atoms with Crippen molar-refractivity contribution in [1.82, 2.24) is 20.2 Å². The van der Waals surface area contributed by atoms with Crippen LogP contribution in [0.2, 0.25) is 0 Å². The summed E-state index contributed by atoms with van der Waals surface area (Å²) in [5, 5.41) is 6.38. The molecule has 2 heterocycles. The summed E-state index contributed by atoms with van der Waals surface area (Å²) in [6.07, 6.45) is 5.82. The Morgan fingerprint density at radius 2 is 1.92 bits per heavy atom. The van der Waals surface area contributed by atoms with Crippen molar-refractivity contribution < 1.29 is 9.53 Å². The molecule has 2 aromatic rings. The van der Waals surface area contributed by atoms with E-state index in [9.17, 15) is 4.79 Å². The van der Waals surface area contributed by atoms with Crippen LogP contribution in [0, 0.1) is 0 Å². The van der Waals surface area contributed by atoms with E-state index in [0.717, 1.165) is 32.4 Å². The number of hydrogen-bond acceptors (Lipinski definition) is 5. The van der Waals surface area contributed by atoms with Crippen LogP contribution in [0.1, 0.15) is 18.4 Å². The fourth-order valence-electron chi connectivity index (χ4n) is 3.06. The van der Waals surface area contributed by atoms with Crippen LogP contribution in [0.3, 0.4) is 0 Å². The van der Waals surface area contributed by atoms with Gasteiger partial charge in [-0.1, -0.05) is 30.3 Å². The molecule has 2 N–H and O–H groups in total. The molecule has 0 saturated carbocycles. The zero-order valence-electron chi connectivity index (χ0n) is 15.0. The summed E-state index contributed by atoms with van der Waals surface area (Å²) in [6.45, 7) is 2.09. The summed E-state index contributed by atoms with van der Waals surface area (Å²) in [6, 6.07) is 10.4. The second-order valence-corrected chi connectivity index (χ2v) is 6.29. The van der Waals surface area contributed by atoms with Crippen LogP contribution in [0.5, 0.6) is 5.88 Å². The number of anilines is 1. The second-order valence-electron chi connectivity index (χ2n) is 6.29. The van der Waals surface area contributed by atoms with E-state index in [2.05, 4.69) is 32.7 Å². The maximum absolute atomic E-state index is 12.3. The van der Waals surface area contributed by atoms with Crippen molar-refractivity contribution >= 4 is 11.8 Å². The Bertz CT molecular complexity index is 702. The number of aromatic nitrogens is 2. The standard InChI is InChI=1S/C19H25N5O2/c1-26-18-17(20-11-12-21-18)23-16-8-13-24(14-9-16)19(25)22-10-7-15-5-3-2-4-6-15/h2-6,11-12,16H,7-10,13-14H2,1H3,(H,20,23)(H,22,25). The molecule has 1 aromatic heterocycles. The zero-order chi connectivity index (χ0) is 18.2. The first-order valence-corrected chi connectivity index (χ1v) is 8.94. The van der Waals surface area contributed by atoms with Crippen molar-refractivity contribution in [3.05, 3.63) is 48.3 Å². The third-order valence-electron chi connectivity index (χ3n) is 4.51. The molecule has 0 aliphatic carbocycles. The molecule has 26 heavy (non-hydrogen) atoms.